The molecular weight excluding hydrogens is 195 g/mol. The first-order valence-electron chi connectivity index (χ1n) is 4.98. The van der Waals surface area contributed by atoms with Crippen LogP contribution in [0, 0.1) is 11.7 Å². The van der Waals surface area contributed by atoms with Gasteiger partial charge in [-0.2, -0.15) is 0 Å². The van der Waals surface area contributed by atoms with Gasteiger partial charge < -0.3 is 11.1 Å². The summed E-state index contributed by atoms with van der Waals surface area (Å²) in [6.45, 7) is 0. The molecule has 1 saturated carbocycles. The predicted octanol–water partition coefficient (Wildman–Crippen LogP) is 1.50. The van der Waals surface area contributed by atoms with Gasteiger partial charge in [-0.05, 0) is 43.0 Å². The van der Waals surface area contributed by atoms with Crippen LogP contribution in [0.4, 0.5) is 10.1 Å². The number of hydrogen-bond donors (Lipinski definition) is 2. The van der Waals surface area contributed by atoms with Crippen LogP contribution in [-0.4, -0.2) is 11.9 Å². The third kappa shape index (κ3) is 2.46. The maximum absolute atomic E-state index is 12.6. The Bertz CT molecular complexity index is 359. The van der Waals surface area contributed by atoms with E-state index < -0.39 is 0 Å². The van der Waals surface area contributed by atoms with Crippen LogP contribution in [-0.2, 0) is 4.79 Å². The number of nitrogens with two attached hydrogens (primary N) is 1. The second kappa shape index (κ2) is 3.88. The molecule has 0 bridgehead atoms. The van der Waals surface area contributed by atoms with Crippen LogP contribution < -0.4 is 11.1 Å². The zero-order valence-corrected chi connectivity index (χ0v) is 8.24. The number of halogens is 1. The Balaban J connectivity index is 2.05. The van der Waals surface area contributed by atoms with Crippen molar-refractivity contribution in [1.29, 1.82) is 0 Å². The van der Waals surface area contributed by atoms with E-state index in [9.17, 15) is 9.18 Å². The summed E-state index contributed by atoms with van der Waals surface area (Å²) in [6.07, 6.45) is 2.06. The van der Waals surface area contributed by atoms with Gasteiger partial charge in [0.1, 0.15) is 11.9 Å². The van der Waals surface area contributed by atoms with Gasteiger partial charge in [0, 0.05) is 5.69 Å². The summed E-state index contributed by atoms with van der Waals surface area (Å²) in [5.41, 5.74) is 6.01. The molecule has 4 heteroatoms. The van der Waals surface area contributed by atoms with Crippen molar-refractivity contribution >= 4 is 11.6 Å². The minimum absolute atomic E-state index is 0.289. The Kier molecular flexibility index (Phi) is 2.58. The summed E-state index contributed by atoms with van der Waals surface area (Å²) in [7, 11) is 0. The van der Waals surface area contributed by atoms with Crippen molar-refractivity contribution in [3.63, 3.8) is 0 Å². The van der Waals surface area contributed by atoms with Crippen LogP contribution in [0.15, 0.2) is 24.3 Å². The van der Waals surface area contributed by atoms with Crippen LogP contribution in [0.1, 0.15) is 12.8 Å². The molecule has 0 radical (unpaired) electrons. The molecule has 0 aromatic heterocycles. The van der Waals surface area contributed by atoms with Gasteiger partial charge in [-0.15, -0.1) is 0 Å². The standard InChI is InChI=1S/C11H13FN2O/c12-8-3-5-9(6-4-8)14-10(11(13)15)7-1-2-7/h3-7,10,14H,1-2H2,(H2,13,15). The van der Waals surface area contributed by atoms with Crippen molar-refractivity contribution in [1.82, 2.24) is 0 Å². The highest BCUT2D eigenvalue weighted by Gasteiger charge is 2.34. The highest BCUT2D eigenvalue weighted by atomic mass is 19.1. The Labute approximate surface area is 87.5 Å². The van der Waals surface area contributed by atoms with Crippen LogP contribution >= 0.6 is 0 Å². The van der Waals surface area contributed by atoms with E-state index in [0.29, 0.717) is 5.92 Å². The third-order valence-electron chi connectivity index (χ3n) is 2.57. The molecule has 0 saturated heterocycles. The van der Waals surface area contributed by atoms with Gasteiger partial charge in [0.05, 0.1) is 0 Å². The fraction of sp³-hybridized carbons (Fsp3) is 0.364. The Morgan fingerprint density at radius 1 is 1.40 bits per heavy atom. The maximum atomic E-state index is 12.6. The fourth-order valence-electron chi connectivity index (χ4n) is 1.58. The number of primary amides is 1. The normalized spacial score (nSPS) is 17.1. The molecule has 0 spiro atoms. The summed E-state index contributed by atoms with van der Waals surface area (Å²) in [5.74, 6) is -0.294. The maximum Gasteiger partial charge on any atom is 0.240 e. The molecule has 1 atom stereocenters. The van der Waals surface area contributed by atoms with Gasteiger partial charge in [0.2, 0.25) is 5.91 Å². The van der Waals surface area contributed by atoms with Gasteiger partial charge in [0.15, 0.2) is 0 Å². The lowest BCUT2D eigenvalue weighted by atomic mass is 10.1. The van der Waals surface area contributed by atoms with Gasteiger partial charge in [-0.3, -0.25) is 4.79 Å². The molecule has 80 valence electrons. The fourth-order valence-corrected chi connectivity index (χ4v) is 1.58. The van der Waals surface area contributed by atoms with Crippen molar-refractivity contribution in [2.24, 2.45) is 11.7 Å². The average molecular weight is 208 g/mol. The summed E-state index contributed by atoms with van der Waals surface area (Å²) in [4.78, 5) is 11.1. The van der Waals surface area contributed by atoms with Crippen molar-refractivity contribution < 1.29 is 9.18 Å². The molecule has 1 fully saturated rings. The van der Waals surface area contributed by atoms with Crippen LogP contribution in [0.25, 0.3) is 0 Å². The van der Waals surface area contributed by atoms with Crippen LogP contribution in [0.2, 0.25) is 0 Å². The third-order valence-corrected chi connectivity index (χ3v) is 2.57. The van der Waals surface area contributed by atoms with E-state index in [1.54, 1.807) is 12.1 Å². The molecule has 3 nitrogen and oxygen atoms in total. The Hall–Kier alpha value is -1.58. The van der Waals surface area contributed by atoms with E-state index in [0.717, 1.165) is 18.5 Å². The number of nitrogens with one attached hydrogen (secondary N) is 1. The smallest absolute Gasteiger partial charge is 0.240 e. The largest absolute Gasteiger partial charge is 0.373 e. The molecule has 1 unspecified atom stereocenters. The van der Waals surface area contributed by atoms with E-state index >= 15 is 0 Å². The van der Waals surface area contributed by atoms with Crippen LogP contribution in [0.5, 0.6) is 0 Å². The average Bonchev–Trinajstić information content (AvgIpc) is 3.00. The number of carbonyl (C=O) groups is 1. The first-order chi connectivity index (χ1) is 7.16. The molecule has 1 aromatic rings. The minimum Gasteiger partial charge on any atom is -0.373 e. The van der Waals surface area contributed by atoms with E-state index in [1.165, 1.54) is 12.1 Å². The molecule has 15 heavy (non-hydrogen) atoms. The second-order valence-electron chi connectivity index (χ2n) is 3.87. The lowest BCUT2D eigenvalue weighted by Crippen LogP contribution is -2.37. The predicted molar refractivity (Wildman–Crippen MR) is 55.7 cm³/mol. The van der Waals surface area contributed by atoms with E-state index in [-0.39, 0.29) is 17.8 Å². The molecule has 0 aliphatic heterocycles. The van der Waals surface area contributed by atoms with Crippen LogP contribution in [0.3, 0.4) is 0 Å². The highest BCUT2D eigenvalue weighted by Crippen LogP contribution is 2.34. The lowest BCUT2D eigenvalue weighted by molar-refractivity contribution is -0.119. The van der Waals surface area contributed by atoms with Gasteiger partial charge >= 0.3 is 0 Å². The zero-order chi connectivity index (χ0) is 10.8. The first kappa shape index (κ1) is 9.96. The Morgan fingerprint density at radius 2 is 2.00 bits per heavy atom. The summed E-state index contributed by atoms with van der Waals surface area (Å²) >= 11 is 0. The molecular formula is C11H13FN2O. The van der Waals surface area contributed by atoms with Crippen molar-refractivity contribution in [2.75, 3.05) is 5.32 Å². The molecule has 2 rings (SSSR count). The number of hydrogen-bond acceptors (Lipinski definition) is 2. The topological polar surface area (TPSA) is 55.1 Å². The summed E-state index contributed by atoms with van der Waals surface area (Å²) in [6, 6.07) is 5.59. The van der Waals surface area contributed by atoms with Crippen molar-refractivity contribution in [3.05, 3.63) is 30.1 Å². The van der Waals surface area contributed by atoms with E-state index in [4.69, 9.17) is 5.73 Å². The lowest BCUT2D eigenvalue weighted by Gasteiger charge is -2.15. The first-order valence-corrected chi connectivity index (χ1v) is 4.98. The second-order valence-corrected chi connectivity index (χ2v) is 3.87. The van der Waals surface area contributed by atoms with Crippen molar-refractivity contribution in [3.8, 4) is 0 Å². The molecule has 3 N–H and O–H groups in total. The highest BCUT2D eigenvalue weighted by molar-refractivity contribution is 5.83. The van der Waals surface area contributed by atoms with Crippen molar-refractivity contribution in [2.45, 2.75) is 18.9 Å². The number of rotatable bonds is 4. The molecule has 0 heterocycles. The molecule has 1 aliphatic carbocycles. The number of anilines is 1. The monoisotopic (exact) mass is 208 g/mol. The zero-order valence-electron chi connectivity index (χ0n) is 8.24. The number of amides is 1. The quantitative estimate of drug-likeness (QED) is 0.787. The molecule has 1 aliphatic rings. The van der Waals surface area contributed by atoms with Gasteiger partial charge in [0.25, 0.3) is 0 Å². The molecule has 1 amide bonds. The van der Waals surface area contributed by atoms with E-state index in [2.05, 4.69) is 5.32 Å². The van der Waals surface area contributed by atoms with E-state index in [1.807, 2.05) is 0 Å². The summed E-state index contributed by atoms with van der Waals surface area (Å²) in [5, 5.41) is 3.03. The minimum atomic E-state index is -0.346. The summed E-state index contributed by atoms with van der Waals surface area (Å²) < 4.78 is 12.6. The van der Waals surface area contributed by atoms with Gasteiger partial charge in [-0.25, -0.2) is 4.39 Å². The Morgan fingerprint density at radius 3 is 2.47 bits per heavy atom. The van der Waals surface area contributed by atoms with Gasteiger partial charge in [-0.1, -0.05) is 0 Å². The number of benzene rings is 1. The molecule has 1 aromatic carbocycles. The SMILES string of the molecule is NC(=O)C(Nc1ccc(F)cc1)C1CC1. The number of carbonyl (C=O) groups excluding carboxylic acids is 1.